The van der Waals surface area contributed by atoms with E-state index in [1.54, 1.807) is 13.8 Å². The lowest BCUT2D eigenvalue weighted by Crippen LogP contribution is -2.40. The van der Waals surface area contributed by atoms with Gasteiger partial charge in [0.05, 0.1) is 5.41 Å². The van der Waals surface area contributed by atoms with Gasteiger partial charge in [-0.15, -0.1) is 0 Å². The second-order valence-electron chi connectivity index (χ2n) is 4.98. The van der Waals surface area contributed by atoms with Gasteiger partial charge in [-0.2, -0.15) is 0 Å². The van der Waals surface area contributed by atoms with E-state index < -0.39 is 11.4 Å². The third-order valence-corrected chi connectivity index (χ3v) is 2.66. The van der Waals surface area contributed by atoms with Gasteiger partial charge in [0.1, 0.15) is 0 Å². The predicted octanol–water partition coefficient (Wildman–Crippen LogP) is 0.554. The zero-order chi connectivity index (χ0) is 12.9. The van der Waals surface area contributed by atoms with Gasteiger partial charge in [0.15, 0.2) is 0 Å². The van der Waals surface area contributed by atoms with Crippen LogP contribution < -0.4 is 5.32 Å². The van der Waals surface area contributed by atoms with E-state index >= 15 is 0 Å². The number of likely N-dealkylation sites (N-methyl/N-ethyl adjacent to an activating group) is 1. The van der Waals surface area contributed by atoms with Crippen LogP contribution in [0.4, 0.5) is 0 Å². The minimum absolute atomic E-state index is 0.00246. The highest BCUT2D eigenvalue weighted by atomic mass is 16.4. The number of carbonyl (C=O) groups excluding carboxylic acids is 1. The van der Waals surface area contributed by atoms with Gasteiger partial charge in [0.2, 0.25) is 5.91 Å². The van der Waals surface area contributed by atoms with Gasteiger partial charge < -0.3 is 15.3 Å². The van der Waals surface area contributed by atoms with Gasteiger partial charge in [-0.25, -0.2) is 0 Å². The molecule has 0 aromatic heterocycles. The number of hydrogen-bond donors (Lipinski definition) is 2. The molecule has 16 heavy (non-hydrogen) atoms. The first-order valence-electron chi connectivity index (χ1n) is 5.33. The molecule has 0 saturated carbocycles. The summed E-state index contributed by atoms with van der Waals surface area (Å²) in [6, 6.07) is 0.233. The first kappa shape index (κ1) is 14.9. The summed E-state index contributed by atoms with van der Waals surface area (Å²) in [5, 5.41) is 11.6. The zero-order valence-corrected chi connectivity index (χ0v) is 10.7. The van der Waals surface area contributed by atoms with Crippen LogP contribution in [0.3, 0.4) is 0 Å². The van der Waals surface area contributed by atoms with Crippen molar-refractivity contribution in [2.75, 3.05) is 20.6 Å². The van der Waals surface area contributed by atoms with Crippen molar-refractivity contribution in [3.8, 4) is 0 Å². The fourth-order valence-corrected chi connectivity index (χ4v) is 0.984. The van der Waals surface area contributed by atoms with E-state index in [-0.39, 0.29) is 18.4 Å². The Kier molecular flexibility index (Phi) is 5.44. The Morgan fingerprint density at radius 3 is 2.25 bits per heavy atom. The molecule has 5 nitrogen and oxygen atoms in total. The summed E-state index contributed by atoms with van der Waals surface area (Å²) in [6.45, 7) is 5.61. The highest BCUT2D eigenvalue weighted by Gasteiger charge is 2.30. The Balaban J connectivity index is 4.06. The molecule has 0 rings (SSSR count). The molecule has 0 saturated heterocycles. The molecule has 0 bridgehead atoms. The van der Waals surface area contributed by atoms with Crippen LogP contribution in [-0.4, -0.2) is 48.6 Å². The summed E-state index contributed by atoms with van der Waals surface area (Å²) in [7, 11) is 3.86. The molecule has 1 atom stereocenters. The normalized spacial score (nSPS) is 13.6. The van der Waals surface area contributed by atoms with Crippen molar-refractivity contribution >= 4 is 11.9 Å². The van der Waals surface area contributed by atoms with Crippen LogP contribution in [0.25, 0.3) is 0 Å². The first-order valence-corrected chi connectivity index (χ1v) is 5.33. The SMILES string of the molecule is CC(CNC(=O)CC(C)(C)C(=O)O)N(C)C. The van der Waals surface area contributed by atoms with Gasteiger partial charge >= 0.3 is 5.97 Å². The number of hydrogen-bond acceptors (Lipinski definition) is 3. The van der Waals surface area contributed by atoms with Crippen LogP contribution in [0.2, 0.25) is 0 Å². The van der Waals surface area contributed by atoms with E-state index in [0.29, 0.717) is 6.54 Å². The van der Waals surface area contributed by atoms with E-state index in [0.717, 1.165) is 0 Å². The summed E-state index contributed by atoms with van der Waals surface area (Å²) in [5.74, 6) is -1.18. The molecular formula is C11H22N2O3. The van der Waals surface area contributed by atoms with Crippen molar-refractivity contribution in [3.63, 3.8) is 0 Å². The zero-order valence-electron chi connectivity index (χ0n) is 10.7. The molecule has 5 heteroatoms. The molecule has 0 aromatic carbocycles. The molecule has 0 aliphatic carbocycles. The quantitative estimate of drug-likeness (QED) is 0.699. The van der Waals surface area contributed by atoms with Crippen molar-refractivity contribution in [2.24, 2.45) is 5.41 Å². The maximum Gasteiger partial charge on any atom is 0.309 e. The fraction of sp³-hybridized carbons (Fsp3) is 0.818. The second kappa shape index (κ2) is 5.84. The monoisotopic (exact) mass is 230 g/mol. The molecule has 0 aliphatic rings. The predicted molar refractivity (Wildman–Crippen MR) is 62.2 cm³/mol. The van der Waals surface area contributed by atoms with E-state index in [9.17, 15) is 9.59 Å². The number of nitrogens with one attached hydrogen (secondary N) is 1. The Bertz CT molecular complexity index is 262. The minimum atomic E-state index is -1.01. The van der Waals surface area contributed by atoms with E-state index in [2.05, 4.69) is 5.32 Å². The van der Waals surface area contributed by atoms with Gasteiger partial charge in [0, 0.05) is 19.0 Å². The minimum Gasteiger partial charge on any atom is -0.481 e. The van der Waals surface area contributed by atoms with Gasteiger partial charge in [-0.05, 0) is 34.9 Å². The third kappa shape index (κ3) is 5.11. The highest BCUT2D eigenvalue weighted by Crippen LogP contribution is 2.19. The Hall–Kier alpha value is -1.10. The van der Waals surface area contributed by atoms with Crippen LogP contribution in [0.15, 0.2) is 0 Å². The van der Waals surface area contributed by atoms with Crippen molar-refractivity contribution < 1.29 is 14.7 Å². The van der Waals surface area contributed by atoms with Crippen LogP contribution in [0.5, 0.6) is 0 Å². The van der Waals surface area contributed by atoms with Crippen LogP contribution in [-0.2, 0) is 9.59 Å². The number of amides is 1. The second-order valence-corrected chi connectivity index (χ2v) is 4.98. The lowest BCUT2D eigenvalue weighted by atomic mass is 9.89. The average Bonchev–Trinajstić information content (AvgIpc) is 2.12. The van der Waals surface area contributed by atoms with E-state index in [1.807, 2.05) is 25.9 Å². The molecule has 1 unspecified atom stereocenters. The maximum atomic E-state index is 11.5. The smallest absolute Gasteiger partial charge is 0.309 e. The van der Waals surface area contributed by atoms with E-state index in [4.69, 9.17) is 5.11 Å². The van der Waals surface area contributed by atoms with Gasteiger partial charge in [0.25, 0.3) is 0 Å². The molecule has 1 amide bonds. The molecule has 0 heterocycles. The summed E-state index contributed by atoms with van der Waals surface area (Å²) in [6.07, 6.45) is 0.00246. The molecule has 0 radical (unpaired) electrons. The highest BCUT2D eigenvalue weighted by molar-refractivity contribution is 5.84. The standard InChI is InChI=1S/C11H22N2O3/c1-8(13(4)5)7-12-9(14)6-11(2,3)10(15)16/h8H,6-7H2,1-5H3,(H,12,14)(H,15,16). The van der Waals surface area contributed by atoms with Gasteiger partial charge in [-0.1, -0.05) is 0 Å². The van der Waals surface area contributed by atoms with Crippen LogP contribution in [0.1, 0.15) is 27.2 Å². The summed E-state index contributed by atoms with van der Waals surface area (Å²) in [5.41, 5.74) is -1.01. The molecular weight excluding hydrogens is 208 g/mol. The molecule has 2 N–H and O–H groups in total. The van der Waals surface area contributed by atoms with E-state index in [1.165, 1.54) is 0 Å². The molecule has 0 fully saturated rings. The van der Waals surface area contributed by atoms with Crippen LogP contribution in [0, 0.1) is 5.41 Å². The number of aliphatic carboxylic acids is 1. The largest absolute Gasteiger partial charge is 0.481 e. The molecule has 0 spiro atoms. The number of carboxylic acids is 1. The number of rotatable bonds is 6. The third-order valence-electron chi connectivity index (χ3n) is 2.66. The van der Waals surface area contributed by atoms with Crippen molar-refractivity contribution in [3.05, 3.63) is 0 Å². The molecule has 0 aromatic rings. The van der Waals surface area contributed by atoms with Gasteiger partial charge in [-0.3, -0.25) is 9.59 Å². The lowest BCUT2D eigenvalue weighted by Gasteiger charge is -2.22. The lowest BCUT2D eigenvalue weighted by molar-refractivity contribution is -0.149. The van der Waals surface area contributed by atoms with Crippen molar-refractivity contribution in [1.29, 1.82) is 0 Å². The Labute approximate surface area is 96.8 Å². The number of nitrogens with zero attached hydrogens (tertiary/aromatic N) is 1. The number of carbonyl (C=O) groups is 2. The summed E-state index contributed by atoms with van der Waals surface area (Å²) < 4.78 is 0. The first-order chi connectivity index (χ1) is 7.16. The topological polar surface area (TPSA) is 69.6 Å². The maximum absolute atomic E-state index is 11.5. The Morgan fingerprint density at radius 2 is 1.88 bits per heavy atom. The molecule has 0 aliphatic heterocycles. The van der Waals surface area contributed by atoms with Crippen molar-refractivity contribution in [1.82, 2.24) is 10.2 Å². The Morgan fingerprint density at radius 1 is 1.38 bits per heavy atom. The summed E-state index contributed by atoms with van der Waals surface area (Å²) in [4.78, 5) is 24.3. The number of carboxylic acid groups (broad SMARTS) is 1. The van der Waals surface area contributed by atoms with Crippen molar-refractivity contribution in [2.45, 2.75) is 33.2 Å². The fourth-order valence-electron chi connectivity index (χ4n) is 0.984. The van der Waals surface area contributed by atoms with Crippen LogP contribution >= 0.6 is 0 Å². The average molecular weight is 230 g/mol. The molecule has 94 valence electrons. The summed E-state index contributed by atoms with van der Waals surface area (Å²) >= 11 is 0.